The van der Waals surface area contributed by atoms with Crippen molar-refractivity contribution in [2.75, 3.05) is 0 Å². The summed E-state index contributed by atoms with van der Waals surface area (Å²) in [6.45, 7) is 3.71. The zero-order chi connectivity index (χ0) is 9.84. The minimum absolute atomic E-state index is 0.425. The van der Waals surface area contributed by atoms with Gasteiger partial charge in [-0.3, -0.25) is 0 Å². The highest BCUT2D eigenvalue weighted by molar-refractivity contribution is 5.37. The third kappa shape index (κ3) is 2.23. The van der Waals surface area contributed by atoms with Crippen molar-refractivity contribution in [3.8, 4) is 0 Å². The van der Waals surface area contributed by atoms with E-state index < -0.39 is 6.30 Å². The van der Waals surface area contributed by atoms with Crippen LogP contribution in [0.3, 0.4) is 0 Å². The van der Waals surface area contributed by atoms with Gasteiger partial charge in [0.25, 0.3) is 0 Å². The van der Waals surface area contributed by atoms with Gasteiger partial charge in [0.15, 0.2) is 0 Å². The first kappa shape index (κ1) is 9.62. The lowest BCUT2D eigenvalue weighted by Crippen LogP contribution is -1.92. The summed E-state index contributed by atoms with van der Waals surface area (Å²) in [7, 11) is 0. The number of nitrogens with zero attached hydrogens (tertiary/aromatic N) is 1. The Balaban J connectivity index is 3.08. The van der Waals surface area contributed by atoms with Crippen LogP contribution in [-0.2, 0) is 4.79 Å². The highest BCUT2D eigenvalue weighted by Crippen LogP contribution is 2.22. The lowest BCUT2D eigenvalue weighted by atomic mass is 10.1. The molecule has 2 nitrogen and oxygen atoms in total. The number of isocyanates is 1. The van der Waals surface area contributed by atoms with E-state index in [1.54, 1.807) is 19.1 Å². The monoisotopic (exact) mass is 179 g/mol. The Morgan fingerprint density at radius 1 is 1.46 bits per heavy atom. The van der Waals surface area contributed by atoms with Crippen LogP contribution in [0.4, 0.5) is 4.39 Å². The Morgan fingerprint density at radius 2 is 2.15 bits per heavy atom. The fourth-order valence-electron chi connectivity index (χ4n) is 1.21. The second-order valence-corrected chi connectivity index (χ2v) is 2.92. The molecule has 68 valence electrons. The normalized spacial score (nSPS) is 11.9. The van der Waals surface area contributed by atoms with Crippen molar-refractivity contribution in [3.05, 3.63) is 34.9 Å². The quantitative estimate of drug-likeness (QED) is 0.390. The topological polar surface area (TPSA) is 29.4 Å². The molecule has 0 spiro atoms. The maximum Gasteiger partial charge on any atom is 0.238 e. The van der Waals surface area contributed by atoms with E-state index in [1.807, 2.05) is 13.0 Å². The molecular weight excluding hydrogens is 169 g/mol. The van der Waals surface area contributed by atoms with Gasteiger partial charge in [-0.25, -0.2) is 9.18 Å². The molecule has 0 saturated carbocycles. The van der Waals surface area contributed by atoms with Gasteiger partial charge >= 0.3 is 0 Å². The van der Waals surface area contributed by atoms with Crippen molar-refractivity contribution in [3.63, 3.8) is 0 Å². The lowest BCUT2D eigenvalue weighted by molar-refractivity contribution is 0.355. The zero-order valence-electron chi connectivity index (χ0n) is 7.54. The molecule has 0 heterocycles. The predicted molar refractivity (Wildman–Crippen MR) is 47.9 cm³/mol. The summed E-state index contributed by atoms with van der Waals surface area (Å²) in [6.07, 6.45) is -0.377. The number of benzene rings is 1. The van der Waals surface area contributed by atoms with Crippen molar-refractivity contribution in [2.24, 2.45) is 4.99 Å². The fourth-order valence-corrected chi connectivity index (χ4v) is 1.21. The molecule has 0 bridgehead atoms. The minimum atomic E-state index is -1.59. The van der Waals surface area contributed by atoms with Crippen molar-refractivity contribution >= 4 is 6.08 Å². The van der Waals surface area contributed by atoms with E-state index in [9.17, 15) is 9.18 Å². The van der Waals surface area contributed by atoms with E-state index in [0.29, 0.717) is 5.56 Å². The van der Waals surface area contributed by atoms with Gasteiger partial charge in [0.2, 0.25) is 12.4 Å². The van der Waals surface area contributed by atoms with Gasteiger partial charge < -0.3 is 0 Å². The summed E-state index contributed by atoms with van der Waals surface area (Å²) >= 11 is 0. The van der Waals surface area contributed by atoms with E-state index in [2.05, 4.69) is 4.99 Å². The van der Waals surface area contributed by atoms with Gasteiger partial charge in [-0.15, -0.1) is 0 Å². The van der Waals surface area contributed by atoms with Crippen LogP contribution in [-0.4, -0.2) is 6.08 Å². The third-order valence-electron chi connectivity index (χ3n) is 1.85. The van der Waals surface area contributed by atoms with Crippen LogP contribution < -0.4 is 0 Å². The van der Waals surface area contributed by atoms with Crippen LogP contribution in [0, 0.1) is 13.8 Å². The van der Waals surface area contributed by atoms with Gasteiger partial charge in [-0.05, 0) is 19.4 Å². The van der Waals surface area contributed by atoms with Crippen LogP contribution in [0.2, 0.25) is 0 Å². The van der Waals surface area contributed by atoms with Crippen LogP contribution >= 0.6 is 0 Å². The Hall–Kier alpha value is -1.47. The average molecular weight is 179 g/mol. The highest BCUT2D eigenvalue weighted by Gasteiger charge is 2.09. The first-order chi connectivity index (χ1) is 6.15. The third-order valence-corrected chi connectivity index (χ3v) is 1.85. The van der Waals surface area contributed by atoms with E-state index >= 15 is 0 Å². The van der Waals surface area contributed by atoms with Gasteiger partial charge in [-0.1, -0.05) is 23.8 Å². The summed E-state index contributed by atoms with van der Waals surface area (Å²) in [6, 6.07) is 5.27. The number of aryl methyl sites for hydroxylation is 2. The first-order valence-electron chi connectivity index (χ1n) is 3.93. The summed E-state index contributed by atoms with van der Waals surface area (Å²) in [5.74, 6) is 0. The second kappa shape index (κ2) is 3.97. The molecular formula is C10H10FNO. The smallest absolute Gasteiger partial charge is 0.215 e. The molecule has 0 amide bonds. The molecule has 0 N–H and O–H groups in total. The molecule has 0 aliphatic heterocycles. The SMILES string of the molecule is Cc1ccc(C(F)N=C=O)c(C)c1. The largest absolute Gasteiger partial charge is 0.238 e. The van der Waals surface area contributed by atoms with Gasteiger partial charge in [0, 0.05) is 5.56 Å². The number of aliphatic imine (C=N–C) groups is 1. The predicted octanol–water partition coefficient (Wildman–Crippen LogP) is 2.61. The molecule has 1 aromatic rings. The van der Waals surface area contributed by atoms with E-state index in [1.165, 1.54) is 6.08 Å². The average Bonchev–Trinajstić information content (AvgIpc) is 2.04. The Kier molecular flexibility index (Phi) is 2.93. The molecule has 0 fully saturated rings. The first-order valence-corrected chi connectivity index (χ1v) is 3.93. The molecule has 1 rings (SSSR count). The number of carbonyl (C=O) groups excluding carboxylic acids is 1. The molecule has 1 aromatic carbocycles. The van der Waals surface area contributed by atoms with Crippen LogP contribution in [0.5, 0.6) is 0 Å². The molecule has 1 unspecified atom stereocenters. The number of hydrogen-bond acceptors (Lipinski definition) is 2. The molecule has 1 atom stereocenters. The highest BCUT2D eigenvalue weighted by atomic mass is 19.1. The van der Waals surface area contributed by atoms with Gasteiger partial charge in [-0.2, -0.15) is 4.99 Å². The zero-order valence-corrected chi connectivity index (χ0v) is 7.54. The standard InChI is InChI=1S/C10H10FNO/c1-7-3-4-9(8(2)5-7)10(11)12-6-13/h3-5,10H,1-2H3. The van der Waals surface area contributed by atoms with E-state index in [-0.39, 0.29) is 0 Å². The van der Waals surface area contributed by atoms with Crippen LogP contribution in [0.15, 0.2) is 23.2 Å². The van der Waals surface area contributed by atoms with Crippen molar-refractivity contribution in [2.45, 2.75) is 20.1 Å². The maximum absolute atomic E-state index is 13.1. The molecule has 0 saturated heterocycles. The Bertz CT molecular complexity index is 356. The molecule has 0 aromatic heterocycles. The fraction of sp³-hybridized carbons (Fsp3) is 0.300. The van der Waals surface area contributed by atoms with Crippen LogP contribution in [0.25, 0.3) is 0 Å². The van der Waals surface area contributed by atoms with Gasteiger partial charge in [0.05, 0.1) is 0 Å². The molecule has 0 radical (unpaired) electrons. The van der Waals surface area contributed by atoms with Crippen LogP contribution in [0.1, 0.15) is 23.0 Å². The van der Waals surface area contributed by atoms with Gasteiger partial charge in [0.1, 0.15) is 0 Å². The maximum atomic E-state index is 13.1. The number of hydrogen-bond donors (Lipinski definition) is 0. The number of halogens is 1. The van der Waals surface area contributed by atoms with Crippen molar-refractivity contribution < 1.29 is 9.18 Å². The molecule has 0 aliphatic rings. The number of rotatable bonds is 2. The molecule has 0 aliphatic carbocycles. The Labute approximate surface area is 76.1 Å². The minimum Gasteiger partial charge on any atom is -0.215 e. The summed E-state index contributed by atoms with van der Waals surface area (Å²) in [5, 5.41) is 0. The summed E-state index contributed by atoms with van der Waals surface area (Å²) < 4.78 is 13.1. The Morgan fingerprint density at radius 3 is 2.69 bits per heavy atom. The lowest BCUT2D eigenvalue weighted by Gasteiger charge is -2.06. The van der Waals surface area contributed by atoms with E-state index in [0.717, 1.165) is 11.1 Å². The number of alkyl halides is 1. The molecule has 13 heavy (non-hydrogen) atoms. The summed E-state index contributed by atoms with van der Waals surface area (Å²) in [4.78, 5) is 12.8. The summed E-state index contributed by atoms with van der Waals surface area (Å²) in [5.41, 5.74) is 2.28. The van der Waals surface area contributed by atoms with Crippen molar-refractivity contribution in [1.29, 1.82) is 0 Å². The van der Waals surface area contributed by atoms with Crippen molar-refractivity contribution in [1.82, 2.24) is 0 Å². The molecule has 3 heteroatoms. The second-order valence-electron chi connectivity index (χ2n) is 2.92. The van der Waals surface area contributed by atoms with E-state index in [4.69, 9.17) is 0 Å².